The fourth-order valence-corrected chi connectivity index (χ4v) is 7.79. The van der Waals surface area contributed by atoms with Gasteiger partial charge < -0.3 is 11.1 Å². The number of nitrogens with one attached hydrogen (secondary N) is 1. The van der Waals surface area contributed by atoms with Crippen LogP contribution in [0.1, 0.15) is 30.4 Å². The van der Waals surface area contributed by atoms with E-state index >= 15 is 0 Å². The summed E-state index contributed by atoms with van der Waals surface area (Å²) in [5, 5.41) is 3.51. The van der Waals surface area contributed by atoms with Crippen LogP contribution >= 0.6 is 0 Å². The molecule has 1 aliphatic heterocycles. The molecular weight excluding hydrogens is 579 g/mol. The van der Waals surface area contributed by atoms with E-state index in [-0.39, 0.29) is 11.3 Å². The topological polar surface area (TPSA) is 103 Å². The van der Waals surface area contributed by atoms with Gasteiger partial charge in [0.05, 0.1) is 33.4 Å². The highest BCUT2D eigenvalue weighted by atomic mass is 32.2. The van der Waals surface area contributed by atoms with Crippen molar-refractivity contribution in [2.75, 3.05) is 5.32 Å². The number of aromatic nitrogens is 3. The average molecular weight is 610 g/mol. The number of hydrogen-bond acceptors (Lipinski definition) is 6. The van der Waals surface area contributed by atoms with Gasteiger partial charge >= 0.3 is 0 Å². The molecule has 0 bridgehead atoms. The number of hydrogen-bond donors (Lipinski definition) is 2. The molecule has 0 saturated heterocycles. The van der Waals surface area contributed by atoms with E-state index in [4.69, 9.17) is 15.7 Å². The van der Waals surface area contributed by atoms with Crippen molar-refractivity contribution in [2.24, 2.45) is 5.73 Å². The highest BCUT2D eigenvalue weighted by Crippen LogP contribution is 2.45. The van der Waals surface area contributed by atoms with E-state index in [1.165, 1.54) is 0 Å². The van der Waals surface area contributed by atoms with Gasteiger partial charge in [0, 0.05) is 28.4 Å². The number of fused-ring (bicyclic) bond motifs is 5. The SMILES string of the molecule is NC1(c2ccc(-c3c(-c4cccc(CS(=O)(=O)c5ccccc5)c4)nc4n3-c3cccnc3Nc3ccccc3-4)cc2)CCC1. The van der Waals surface area contributed by atoms with Crippen molar-refractivity contribution in [3.05, 3.63) is 133 Å². The van der Waals surface area contributed by atoms with Gasteiger partial charge in [-0.1, -0.05) is 72.8 Å². The molecule has 3 heterocycles. The predicted octanol–water partition coefficient (Wildman–Crippen LogP) is 7.64. The lowest BCUT2D eigenvalue weighted by Gasteiger charge is -2.38. The van der Waals surface area contributed by atoms with Crippen LogP contribution in [0.25, 0.3) is 39.6 Å². The molecule has 0 unspecified atom stereocenters. The Labute approximate surface area is 262 Å². The lowest BCUT2D eigenvalue weighted by molar-refractivity contribution is 0.253. The van der Waals surface area contributed by atoms with Crippen LogP contribution in [0, 0.1) is 0 Å². The zero-order chi connectivity index (χ0) is 30.6. The minimum absolute atomic E-state index is 0.111. The van der Waals surface area contributed by atoms with E-state index in [1.54, 1.807) is 30.5 Å². The predicted molar refractivity (Wildman–Crippen MR) is 178 cm³/mol. The third kappa shape index (κ3) is 4.74. The standard InChI is InChI=1S/C37H31N5O2S/c38-37(20-8-21-37)28-18-16-26(17-19-28)34-33(27-10-6-9-25(23-27)24-45(43,44)29-11-2-1-3-12-29)41-36-30-13-4-5-14-31(30)40-35-32(42(34)36)15-7-22-39-35/h1-7,9-19,22-23H,8,20-21,24,38H2,(H,39,40). The highest BCUT2D eigenvalue weighted by molar-refractivity contribution is 7.90. The first kappa shape index (κ1) is 27.5. The molecule has 45 heavy (non-hydrogen) atoms. The van der Waals surface area contributed by atoms with Crippen molar-refractivity contribution in [1.29, 1.82) is 0 Å². The van der Waals surface area contributed by atoms with Gasteiger partial charge in [0.2, 0.25) is 0 Å². The molecular formula is C37H31N5O2S. The monoisotopic (exact) mass is 609 g/mol. The highest BCUT2D eigenvalue weighted by Gasteiger charge is 2.34. The minimum Gasteiger partial charge on any atom is -0.338 e. The maximum absolute atomic E-state index is 13.3. The first-order valence-corrected chi connectivity index (χ1v) is 16.8. The van der Waals surface area contributed by atoms with Gasteiger partial charge in [-0.25, -0.2) is 18.4 Å². The maximum atomic E-state index is 13.3. The normalized spacial score (nSPS) is 14.7. The number of benzene rings is 4. The van der Waals surface area contributed by atoms with Crippen molar-refractivity contribution in [2.45, 2.75) is 35.4 Å². The van der Waals surface area contributed by atoms with E-state index < -0.39 is 9.84 Å². The summed E-state index contributed by atoms with van der Waals surface area (Å²) in [5.74, 6) is 1.39. The lowest BCUT2D eigenvalue weighted by atomic mass is 9.72. The van der Waals surface area contributed by atoms with Crippen LogP contribution in [0.2, 0.25) is 0 Å². The van der Waals surface area contributed by atoms with E-state index in [2.05, 4.69) is 40.2 Å². The quantitative estimate of drug-likeness (QED) is 0.201. The van der Waals surface area contributed by atoms with Crippen LogP contribution in [0.15, 0.2) is 126 Å². The fraction of sp³-hybridized carbons (Fsp3) is 0.135. The Hall–Kier alpha value is -5.05. The molecule has 0 radical (unpaired) electrons. The van der Waals surface area contributed by atoms with Crippen molar-refractivity contribution in [3.8, 4) is 39.6 Å². The molecule has 222 valence electrons. The van der Waals surface area contributed by atoms with Crippen LogP contribution < -0.4 is 11.1 Å². The first-order valence-electron chi connectivity index (χ1n) is 15.1. The Balaban J connectivity index is 1.34. The second-order valence-electron chi connectivity index (χ2n) is 11.9. The van der Waals surface area contributed by atoms with Crippen LogP contribution in [0.3, 0.4) is 0 Å². The van der Waals surface area contributed by atoms with Crippen molar-refractivity contribution in [3.63, 3.8) is 0 Å². The number of rotatable bonds is 6. The Bertz CT molecular complexity index is 2170. The minimum atomic E-state index is -3.53. The molecule has 1 saturated carbocycles. The van der Waals surface area contributed by atoms with Gasteiger partial charge in [-0.05, 0) is 72.9 Å². The molecule has 1 aliphatic carbocycles. The smallest absolute Gasteiger partial charge is 0.182 e. The molecule has 6 aromatic rings. The van der Waals surface area contributed by atoms with Crippen LogP contribution in [-0.4, -0.2) is 23.0 Å². The third-order valence-corrected chi connectivity index (χ3v) is 10.7. The zero-order valence-corrected chi connectivity index (χ0v) is 25.3. The summed E-state index contributed by atoms with van der Waals surface area (Å²) < 4.78 is 28.8. The van der Waals surface area contributed by atoms with Gasteiger partial charge in [0.15, 0.2) is 15.7 Å². The largest absolute Gasteiger partial charge is 0.338 e. The van der Waals surface area contributed by atoms with E-state index in [0.29, 0.717) is 10.5 Å². The van der Waals surface area contributed by atoms with Crippen LogP contribution in [-0.2, 0) is 21.1 Å². The number of nitrogens with zero attached hydrogens (tertiary/aromatic N) is 3. The summed E-state index contributed by atoms with van der Waals surface area (Å²) in [6.45, 7) is 0. The first-order chi connectivity index (χ1) is 21.9. The molecule has 0 spiro atoms. The van der Waals surface area contributed by atoms with E-state index in [9.17, 15) is 8.42 Å². The molecule has 0 atom stereocenters. The summed E-state index contributed by atoms with van der Waals surface area (Å²) in [5.41, 5.74) is 14.4. The Morgan fingerprint density at radius 3 is 2.38 bits per heavy atom. The number of pyridine rings is 1. The van der Waals surface area contributed by atoms with Gasteiger partial charge in [0.1, 0.15) is 5.82 Å². The maximum Gasteiger partial charge on any atom is 0.182 e. The molecule has 2 aromatic heterocycles. The van der Waals surface area contributed by atoms with Gasteiger partial charge in [-0.2, -0.15) is 0 Å². The molecule has 2 aliphatic rings. The molecule has 1 fully saturated rings. The van der Waals surface area contributed by atoms with Crippen LogP contribution in [0.4, 0.5) is 11.5 Å². The zero-order valence-electron chi connectivity index (χ0n) is 24.5. The second kappa shape index (κ2) is 10.5. The Morgan fingerprint density at radius 2 is 1.60 bits per heavy atom. The van der Waals surface area contributed by atoms with Gasteiger partial charge in [0.25, 0.3) is 0 Å². The second-order valence-corrected chi connectivity index (χ2v) is 13.9. The number of sulfone groups is 1. The number of para-hydroxylation sites is 1. The third-order valence-electron chi connectivity index (χ3n) is 8.96. The van der Waals surface area contributed by atoms with Gasteiger partial charge in [-0.3, -0.25) is 4.57 Å². The molecule has 8 rings (SSSR count). The summed E-state index contributed by atoms with van der Waals surface area (Å²) in [7, 11) is -3.53. The van der Waals surface area contributed by atoms with Crippen molar-refractivity contribution in [1.82, 2.24) is 14.5 Å². The Morgan fingerprint density at radius 1 is 0.822 bits per heavy atom. The fourth-order valence-electron chi connectivity index (χ4n) is 6.44. The van der Waals surface area contributed by atoms with Crippen molar-refractivity contribution < 1.29 is 8.42 Å². The summed E-state index contributed by atoms with van der Waals surface area (Å²) >= 11 is 0. The van der Waals surface area contributed by atoms with E-state index in [0.717, 1.165) is 75.9 Å². The molecule has 4 aromatic carbocycles. The summed E-state index contributed by atoms with van der Waals surface area (Å²) in [4.78, 5) is 10.3. The summed E-state index contributed by atoms with van der Waals surface area (Å²) in [6.07, 6.45) is 4.90. The molecule has 8 heteroatoms. The number of anilines is 2. The molecule has 0 amide bonds. The summed E-state index contributed by atoms with van der Waals surface area (Å²) in [6, 6.07) is 36.9. The van der Waals surface area contributed by atoms with Crippen molar-refractivity contribution >= 4 is 21.3 Å². The van der Waals surface area contributed by atoms with Crippen LogP contribution in [0.5, 0.6) is 0 Å². The molecule has 7 nitrogen and oxygen atoms in total. The van der Waals surface area contributed by atoms with E-state index in [1.807, 2.05) is 60.7 Å². The lowest BCUT2D eigenvalue weighted by Crippen LogP contribution is -2.43. The Kier molecular flexibility index (Phi) is 6.44. The number of nitrogens with two attached hydrogens (primary N) is 1. The number of imidazole rings is 1. The van der Waals surface area contributed by atoms with Gasteiger partial charge in [-0.15, -0.1) is 0 Å². The average Bonchev–Trinajstić information content (AvgIpc) is 3.39. The molecule has 3 N–H and O–H groups in total.